The summed E-state index contributed by atoms with van der Waals surface area (Å²) in [5.41, 5.74) is 0.878. The van der Waals surface area contributed by atoms with E-state index in [1.807, 2.05) is 0 Å². The third-order valence-corrected chi connectivity index (χ3v) is 3.99. The molecule has 100 valence electrons. The number of hydrogen-bond acceptors (Lipinski definition) is 4. The highest BCUT2D eigenvalue weighted by molar-refractivity contribution is 8.26. The topological polar surface area (TPSA) is 40.5 Å². The lowest BCUT2D eigenvalue weighted by molar-refractivity contribution is -0.122. The Bertz CT molecular complexity index is 535. The van der Waals surface area contributed by atoms with Gasteiger partial charge in [0.25, 0.3) is 5.91 Å². The van der Waals surface area contributed by atoms with Crippen molar-refractivity contribution in [3.63, 3.8) is 0 Å². The molecule has 0 atom stereocenters. The molecule has 1 saturated heterocycles. The highest BCUT2D eigenvalue weighted by atomic mass is 32.2. The summed E-state index contributed by atoms with van der Waals surface area (Å²) in [5.74, 6) is 0.566. The fourth-order valence-electron chi connectivity index (χ4n) is 1.74. The Labute approximate surface area is 122 Å². The van der Waals surface area contributed by atoms with Gasteiger partial charge in [0.05, 0.1) is 4.91 Å². The number of carbonyl (C=O) groups is 1. The molecule has 3 nitrogen and oxygen atoms in total. The molecular weight excluding hydrogens is 278 g/mol. The number of phenols is 1. The van der Waals surface area contributed by atoms with Crippen LogP contribution in [0.4, 0.5) is 0 Å². The predicted molar refractivity (Wildman–Crippen MR) is 82.8 cm³/mol. The Morgan fingerprint density at radius 1 is 1.37 bits per heavy atom. The van der Waals surface area contributed by atoms with Crippen LogP contribution in [0.5, 0.6) is 5.75 Å². The van der Waals surface area contributed by atoms with Crippen molar-refractivity contribution in [3.8, 4) is 5.75 Å². The summed E-state index contributed by atoms with van der Waals surface area (Å²) in [6.45, 7) is 4.77. The van der Waals surface area contributed by atoms with Crippen LogP contribution in [0.3, 0.4) is 0 Å². The number of amides is 1. The molecule has 0 aliphatic carbocycles. The summed E-state index contributed by atoms with van der Waals surface area (Å²) >= 11 is 6.57. The highest BCUT2D eigenvalue weighted by Gasteiger charge is 2.32. The van der Waals surface area contributed by atoms with Gasteiger partial charge in [-0.2, -0.15) is 0 Å². The first-order valence-corrected chi connectivity index (χ1v) is 7.24. The molecule has 1 aromatic carbocycles. The average molecular weight is 293 g/mol. The minimum absolute atomic E-state index is 0.0308. The largest absolute Gasteiger partial charge is 0.508 e. The van der Waals surface area contributed by atoms with Crippen molar-refractivity contribution in [3.05, 3.63) is 34.7 Å². The van der Waals surface area contributed by atoms with Crippen molar-refractivity contribution in [2.24, 2.45) is 5.92 Å². The molecule has 1 aromatic rings. The summed E-state index contributed by atoms with van der Waals surface area (Å²) in [7, 11) is 0. The van der Waals surface area contributed by atoms with E-state index in [-0.39, 0.29) is 11.7 Å². The molecule has 1 aliphatic rings. The maximum Gasteiger partial charge on any atom is 0.266 e. The van der Waals surface area contributed by atoms with E-state index in [1.165, 1.54) is 11.8 Å². The predicted octanol–water partition coefficient (Wildman–Crippen LogP) is 3.25. The zero-order valence-corrected chi connectivity index (χ0v) is 12.4. The zero-order chi connectivity index (χ0) is 14.0. The molecule has 0 aromatic heterocycles. The molecule has 5 heteroatoms. The molecule has 1 N–H and O–H groups in total. The van der Waals surface area contributed by atoms with Gasteiger partial charge in [-0.1, -0.05) is 50.0 Å². The first-order valence-electron chi connectivity index (χ1n) is 6.02. The van der Waals surface area contributed by atoms with Crippen molar-refractivity contribution in [1.29, 1.82) is 0 Å². The molecule has 0 spiro atoms. The molecule has 1 heterocycles. The zero-order valence-electron chi connectivity index (χ0n) is 10.8. The van der Waals surface area contributed by atoms with Crippen molar-refractivity contribution in [1.82, 2.24) is 4.90 Å². The first kappa shape index (κ1) is 14.1. The number of thioether (sulfide) groups is 1. The lowest BCUT2D eigenvalue weighted by Crippen LogP contribution is -2.31. The first-order chi connectivity index (χ1) is 8.97. The van der Waals surface area contributed by atoms with Crippen LogP contribution in [0.2, 0.25) is 0 Å². The van der Waals surface area contributed by atoms with Gasteiger partial charge in [0.2, 0.25) is 0 Å². The number of aromatic hydroxyl groups is 1. The molecule has 19 heavy (non-hydrogen) atoms. The number of benzene rings is 1. The quantitative estimate of drug-likeness (QED) is 0.686. The van der Waals surface area contributed by atoms with Gasteiger partial charge >= 0.3 is 0 Å². The van der Waals surface area contributed by atoms with Crippen molar-refractivity contribution in [2.45, 2.75) is 13.8 Å². The highest BCUT2D eigenvalue weighted by Crippen LogP contribution is 2.33. The van der Waals surface area contributed by atoms with E-state index in [0.29, 0.717) is 21.7 Å². The van der Waals surface area contributed by atoms with Crippen LogP contribution in [0.15, 0.2) is 29.2 Å². The van der Waals surface area contributed by atoms with E-state index < -0.39 is 0 Å². The average Bonchev–Trinajstić information content (AvgIpc) is 2.60. The van der Waals surface area contributed by atoms with E-state index in [4.69, 9.17) is 12.2 Å². The summed E-state index contributed by atoms with van der Waals surface area (Å²) in [6.07, 6.45) is 1.80. The van der Waals surface area contributed by atoms with E-state index in [0.717, 1.165) is 5.56 Å². The number of carbonyl (C=O) groups excluding carboxylic acids is 1. The lowest BCUT2D eigenvalue weighted by Gasteiger charge is -2.16. The van der Waals surface area contributed by atoms with E-state index in [2.05, 4.69) is 13.8 Å². The summed E-state index contributed by atoms with van der Waals surface area (Å²) in [5, 5.41) is 9.23. The van der Waals surface area contributed by atoms with Gasteiger partial charge < -0.3 is 5.11 Å². The van der Waals surface area contributed by atoms with Crippen molar-refractivity contribution < 1.29 is 9.90 Å². The minimum Gasteiger partial charge on any atom is -0.508 e. The number of phenolic OH excluding ortho intramolecular Hbond substituents is 1. The van der Waals surface area contributed by atoms with Crippen LogP contribution in [-0.2, 0) is 4.79 Å². The monoisotopic (exact) mass is 293 g/mol. The Morgan fingerprint density at radius 3 is 2.58 bits per heavy atom. The van der Waals surface area contributed by atoms with E-state index in [9.17, 15) is 9.90 Å². The Hall–Kier alpha value is -1.33. The molecule has 0 saturated carbocycles. The Balaban J connectivity index is 2.20. The molecule has 1 fully saturated rings. The number of rotatable bonds is 3. The molecule has 0 radical (unpaired) electrons. The van der Waals surface area contributed by atoms with Crippen molar-refractivity contribution in [2.75, 3.05) is 6.54 Å². The second kappa shape index (κ2) is 5.75. The minimum atomic E-state index is -0.0308. The Kier molecular flexibility index (Phi) is 4.27. The van der Waals surface area contributed by atoms with Gasteiger partial charge in [0.1, 0.15) is 10.1 Å². The van der Waals surface area contributed by atoms with Gasteiger partial charge in [-0.25, -0.2) is 0 Å². The summed E-state index contributed by atoms with van der Waals surface area (Å²) in [6, 6.07) is 6.73. The van der Waals surface area contributed by atoms with Gasteiger partial charge in [-0.15, -0.1) is 0 Å². The smallest absolute Gasteiger partial charge is 0.266 e. The van der Waals surface area contributed by atoms with Crippen molar-refractivity contribution >= 4 is 40.3 Å². The van der Waals surface area contributed by atoms with Gasteiger partial charge in [0.15, 0.2) is 0 Å². The third-order valence-electron chi connectivity index (χ3n) is 2.61. The molecule has 0 unspecified atom stereocenters. The molecule has 2 rings (SSSR count). The van der Waals surface area contributed by atoms with Crippen LogP contribution in [0, 0.1) is 5.92 Å². The normalized spacial score (nSPS) is 17.8. The molecule has 0 bridgehead atoms. The standard InChI is InChI=1S/C14H15NO2S2/c1-9(2)8-15-13(17)12(19-14(15)18)7-10-3-5-11(16)6-4-10/h3-7,9,16H,8H2,1-2H3/b12-7+. The second-order valence-electron chi connectivity index (χ2n) is 4.78. The number of thiocarbonyl (C=S) groups is 1. The number of hydrogen-bond donors (Lipinski definition) is 1. The molecular formula is C14H15NO2S2. The van der Waals surface area contributed by atoms with Crippen LogP contribution >= 0.6 is 24.0 Å². The second-order valence-corrected chi connectivity index (χ2v) is 6.45. The van der Waals surface area contributed by atoms with Crippen LogP contribution in [0.1, 0.15) is 19.4 Å². The van der Waals surface area contributed by atoms with Crippen LogP contribution in [-0.4, -0.2) is 26.8 Å². The van der Waals surface area contributed by atoms with Gasteiger partial charge in [-0.05, 0) is 29.7 Å². The maximum atomic E-state index is 12.2. The van der Waals surface area contributed by atoms with E-state index >= 15 is 0 Å². The van der Waals surface area contributed by atoms with Crippen LogP contribution in [0.25, 0.3) is 6.08 Å². The Morgan fingerprint density at radius 2 is 2.00 bits per heavy atom. The van der Waals surface area contributed by atoms with E-state index in [1.54, 1.807) is 35.2 Å². The lowest BCUT2D eigenvalue weighted by atomic mass is 10.2. The summed E-state index contributed by atoms with van der Waals surface area (Å²) in [4.78, 5) is 14.5. The molecule has 1 aliphatic heterocycles. The van der Waals surface area contributed by atoms with Gasteiger partial charge in [0, 0.05) is 6.54 Å². The fraction of sp³-hybridized carbons (Fsp3) is 0.286. The maximum absolute atomic E-state index is 12.2. The number of nitrogens with zero attached hydrogens (tertiary/aromatic N) is 1. The SMILES string of the molecule is CC(C)CN1C(=O)/C(=C\c2ccc(O)cc2)SC1=S. The van der Waals surface area contributed by atoms with Crippen LogP contribution < -0.4 is 0 Å². The van der Waals surface area contributed by atoms with Gasteiger partial charge in [-0.3, -0.25) is 9.69 Å². The summed E-state index contributed by atoms with van der Waals surface area (Å²) < 4.78 is 0.615. The third kappa shape index (κ3) is 3.36. The molecule has 1 amide bonds. The fourth-order valence-corrected chi connectivity index (χ4v) is 3.02.